The summed E-state index contributed by atoms with van der Waals surface area (Å²) in [4.78, 5) is 68.4. The Balaban J connectivity index is 0.918. The molecule has 26 nitrogen and oxygen atoms in total. The average Bonchev–Trinajstić information content (AvgIpc) is 1.08. The summed E-state index contributed by atoms with van der Waals surface area (Å²) in [5.41, 5.74) is 2.86. The van der Waals surface area contributed by atoms with E-state index < -0.39 is 159 Å². The molecular weight excluding hydrogens is 1220 g/mol. The maximum atomic E-state index is 14.7. The lowest BCUT2D eigenvalue weighted by Crippen LogP contribution is -2.69. The number of nitrogens with one attached hydrogen (secondary N) is 4. The second kappa shape index (κ2) is 33.1. The molecule has 26 heteroatoms. The van der Waals surface area contributed by atoms with Gasteiger partial charge in [-0.3, -0.25) is 4.79 Å². The molecule has 5 fully saturated rings. The number of carbonyl (C=O) groups is 5. The molecule has 10 rings (SSSR count). The Kier molecular flexibility index (Phi) is 24.4. The van der Waals surface area contributed by atoms with Crippen molar-refractivity contribution in [2.24, 2.45) is 5.92 Å². The van der Waals surface area contributed by atoms with Gasteiger partial charge in [-0.15, -0.1) is 0 Å². The van der Waals surface area contributed by atoms with Gasteiger partial charge >= 0.3 is 24.2 Å². The van der Waals surface area contributed by atoms with Crippen LogP contribution < -0.4 is 21.3 Å². The SMILES string of the molecule is CC[C@@H]1O[C@H](O[C@H]2[C@@H](O)[C@H](O[C@@H]3[C@@H](O)[C@H](NC(=O)[C@H](CCNC(=O)OCc4ccccc4)OC(=O)c4ccccc4)C[C@H](C)[C@H]3O[C@H]3O[C@@H]4COC(c5ccccc5)O[C@H]4[C@H](O)[C@H]3NC(=O)OCc3ccccc3)O[C@@H]2CC)[C@H](NC(=O)OCc2ccccc2)[C@@H](O)[C@@H]1O. The first kappa shape index (κ1) is 69.2. The number of rotatable bonds is 24. The molecule has 4 aliphatic heterocycles. The molecule has 0 spiro atoms. The number of ether oxygens (including phenoxy) is 12. The number of benzene rings is 5. The van der Waals surface area contributed by atoms with Crippen LogP contribution in [-0.2, 0) is 81.5 Å². The van der Waals surface area contributed by atoms with E-state index in [1.54, 1.807) is 142 Å². The molecule has 94 heavy (non-hydrogen) atoms. The zero-order valence-corrected chi connectivity index (χ0v) is 52.1. The van der Waals surface area contributed by atoms with Crippen LogP contribution in [0.25, 0.3) is 0 Å². The summed E-state index contributed by atoms with van der Waals surface area (Å²) in [6.45, 7) is 4.53. The molecule has 0 radical (unpaired) electrons. The molecule has 0 aromatic heterocycles. The Bertz CT molecular complexity index is 3210. The Morgan fingerprint density at radius 3 is 1.60 bits per heavy atom. The van der Waals surface area contributed by atoms with Gasteiger partial charge in [-0.25, -0.2) is 19.2 Å². The fourth-order valence-corrected chi connectivity index (χ4v) is 12.1. The lowest BCUT2D eigenvalue weighted by molar-refractivity contribution is -0.360. The van der Waals surface area contributed by atoms with E-state index in [1.807, 2.05) is 18.2 Å². The predicted molar refractivity (Wildman–Crippen MR) is 329 cm³/mol. The van der Waals surface area contributed by atoms with E-state index in [9.17, 15) is 49.5 Å². The van der Waals surface area contributed by atoms with Crippen LogP contribution in [0.3, 0.4) is 0 Å². The minimum absolute atomic E-state index is 0.0404. The topological polar surface area (TPSA) is 345 Å². The number of amides is 4. The van der Waals surface area contributed by atoms with Crippen LogP contribution in [-0.4, -0.2) is 185 Å². The van der Waals surface area contributed by atoms with Crippen molar-refractivity contribution in [1.82, 2.24) is 21.3 Å². The highest BCUT2D eigenvalue weighted by molar-refractivity contribution is 5.92. The summed E-state index contributed by atoms with van der Waals surface area (Å²) in [5.74, 6) is -2.51. The fraction of sp³-hybridized carbons (Fsp3) is 0.485. The Morgan fingerprint density at radius 1 is 0.521 bits per heavy atom. The molecule has 4 amide bonds. The van der Waals surface area contributed by atoms with Crippen LogP contribution >= 0.6 is 0 Å². The zero-order valence-electron chi connectivity index (χ0n) is 52.1. The van der Waals surface area contributed by atoms with E-state index >= 15 is 0 Å². The van der Waals surface area contributed by atoms with Crippen LogP contribution in [0, 0.1) is 5.92 Å². The van der Waals surface area contributed by atoms with E-state index in [0.717, 1.165) is 5.56 Å². The first-order valence-electron chi connectivity index (χ1n) is 31.7. The third-order valence-electron chi connectivity index (χ3n) is 17.1. The smallest absolute Gasteiger partial charge is 0.407 e. The number of aliphatic hydroxyl groups is 5. The molecule has 5 aliphatic rings. The number of fused-ring (bicyclic) bond motifs is 1. The average molecular weight is 1310 g/mol. The van der Waals surface area contributed by atoms with Crippen molar-refractivity contribution in [1.29, 1.82) is 0 Å². The standard InChI is InChI=1S/C68H82N4O22/c1-4-45-52(74)53(75)49(71-67(81)85-35-40-23-13-7-14-24-40)63(88-45)93-57-46(5-2)89-65(55(57)77)94-59-51(73)44(70-60(78)47(87-61(79)42-27-17-9-18-28-42)31-32-69-66(80)84-34-39-21-11-6-12-22-39)33-38(3)56(59)91-64-50(72-68(82)86-36-41-25-15-8-16-26-41)54(76)58-48(90-64)37-83-62(92-58)43-29-19-10-20-30-43/h6-30,38,44-59,62-65,73-77H,4-5,31-37H2,1-3H3,(H,69,80)(H,70,78)(H,71,81)(H,72,82)/t38-,44+,45-,46+,47-,48+,49+,50+,51-,52+,53+,54+,55+,56+,57+,58+,59+,62?,63+,64+,65-/m0/s1. The minimum atomic E-state index is -1.78. The van der Waals surface area contributed by atoms with Gasteiger partial charge in [0.15, 0.2) is 31.3 Å². The number of hydrogen-bond acceptors (Lipinski definition) is 22. The van der Waals surface area contributed by atoms with E-state index in [2.05, 4.69) is 21.3 Å². The highest BCUT2D eigenvalue weighted by atomic mass is 16.8. The molecule has 1 aliphatic carbocycles. The van der Waals surface area contributed by atoms with Crippen LogP contribution in [0.15, 0.2) is 152 Å². The van der Waals surface area contributed by atoms with Crippen molar-refractivity contribution in [3.8, 4) is 0 Å². The minimum Gasteiger partial charge on any atom is -0.449 e. The lowest BCUT2D eigenvalue weighted by Gasteiger charge is -2.50. The maximum Gasteiger partial charge on any atom is 0.407 e. The summed E-state index contributed by atoms with van der Waals surface area (Å²) in [6, 6.07) is 39.5. The van der Waals surface area contributed by atoms with Gasteiger partial charge in [0.05, 0.1) is 36.5 Å². The molecule has 4 heterocycles. The molecule has 5 aromatic carbocycles. The third kappa shape index (κ3) is 17.6. The Hall–Kier alpha value is -7.67. The molecular formula is C68H82N4O22. The molecule has 506 valence electrons. The quantitative estimate of drug-likeness (QED) is 0.0298. The summed E-state index contributed by atoms with van der Waals surface area (Å²) in [6.07, 6.45) is -26.6. The normalized spacial score (nSPS) is 31.7. The van der Waals surface area contributed by atoms with Crippen molar-refractivity contribution in [3.63, 3.8) is 0 Å². The highest BCUT2D eigenvalue weighted by Crippen LogP contribution is 2.40. The summed E-state index contributed by atoms with van der Waals surface area (Å²) < 4.78 is 74.0. The first-order chi connectivity index (χ1) is 45.5. The van der Waals surface area contributed by atoms with Crippen molar-refractivity contribution in [2.75, 3.05) is 13.2 Å². The van der Waals surface area contributed by atoms with Crippen molar-refractivity contribution < 1.29 is 106 Å². The molecule has 21 atom stereocenters. The third-order valence-corrected chi connectivity index (χ3v) is 17.1. The largest absolute Gasteiger partial charge is 0.449 e. The van der Waals surface area contributed by atoms with Gasteiger partial charge in [0.25, 0.3) is 5.91 Å². The number of alkyl carbamates (subject to hydrolysis) is 3. The Morgan fingerprint density at radius 2 is 1.02 bits per heavy atom. The van der Waals surface area contributed by atoms with Crippen molar-refractivity contribution >= 4 is 30.2 Å². The van der Waals surface area contributed by atoms with Gasteiger partial charge in [-0.2, -0.15) is 0 Å². The molecule has 4 saturated heterocycles. The van der Waals surface area contributed by atoms with Crippen LogP contribution in [0.1, 0.15) is 85.4 Å². The monoisotopic (exact) mass is 1310 g/mol. The van der Waals surface area contributed by atoms with E-state index in [-0.39, 0.29) is 64.2 Å². The molecule has 9 N–H and O–H groups in total. The number of esters is 1. The van der Waals surface area contributed by atoms with Gasteiger partial charge in [0.2, 0.25) is 0 Å². The van der Waals surface area contributed by atoms with Crippen molar-refractivity contribution in [2.45, 2.75) is 189 Å². The highest BCUT2D eigenvalue weighted by Gasteiger charge is 2.57. The number of aliphatic hydroxyl groups excluding tert-OH is 5. The van der Waals surface area contributed by atoms with Crippen LogP contribution in [0.5, 0.6) is 0 Å². The molecule has 5 aromatic rings. The molecule has 0 bridgehead atoms. The van der Waals surface area contributed by atoms with E-state index in [0.29, 0.717) is 16.7 Å². The van der Waals surface area contributed by atoms with E-state index in [4.69, 9.17) is 56.8 Å². The van der Waals surface area contributed by atoms with Gasteiger partial charge in [0, 0.05) is 18.5 Å². The summed E-state index contributed by atoms with van der Waals surface area (Å²) >= 11 is 0. The number of carbonyl (C=O) groups excluding carboxylic acids is 5. The summed E-state index contributed by atoms with van der Waals surface area (Å²) in [7, 11) is 0. The fourth-order valence-electron chi connectivity index (χ4n) is 12.1. The van der Waals surface area contributed by atoms with Gasteiger partial charge in [-0.1, -0.05) is 160 Å². The van der Waals surface area contributed by atoms with E-state index in [1.165, 1.54) is 12.1 Å². The molecule has 1 saturated carbocycles. The van der Waals surface area contributed by atoms with Crippen molar-refractivity contribution in [3.05, 3.63) is 179 Å². The van der Waals surface area contributed by atoms with Gasteiger partial charge < -0.3 is 104 Å². The zero-order chi connectivity index (χ0) is 66.3. The lowest BCUT2D eigenvalue weighted by atomic mass is 9.79. The second-order valence-electron chi connectivity index (χ2n) is 23.7. The molecule has 1 unspecified atom stereocenters. The van der Waals surface area contributed by atoms with Crippen LogP contribution in [0.4, 0.5) is 14.4 Å². The van der Waals surface area contributed by atoms with Crippen LogP contribution in [0.2, 0.25) is 0 Å². The maximum absolute atomic E-state index is 14.7. The summed E-state index contributed by atoms with van der Waals surface area (Å²) in [5, 5.41) is 71.0. The number of hydrogen-bond donors (Lipinski definition) is 9. The first-order valence-corrected chi connectivity index (χ1v) is 31.7. The predicted octanol–water partition coefficient (Wildman–Crippen LogP) is 4.71. The second-order valence-corrected chi connectivity index (χ2v) is 23.7. The van der Waals surface area contributed by atoms with Gasteiger partial charge in [0.1, 0.15) is 86.8 Å². The Labute approximate surface area is 543 Å². The van der Waals surface area contributed by atoms with Gasteiger partial charge in [-0.05, 0) is 54.0 Å².